The Bertz CT molecular complexity index is 3380. The van der Waals surface area contributed by atoms with Gasteiger partial charge in [0.05, 0.1) is 39.1 Å². The van der Waals surface area contributed by atoms with Gasteiger partial charge >= 0.3 is 17.9 Å². The van der Waals surface area contributed by atoms with Gasteiger partial charge in [0.1, 0.15) is 90.3 Å². The lowest BCUT2D eigenvalue weighted by atomic mass is 9.99. The highest BCUT2D eigenvalue weighted by atomic mass is 32.1. The second kappa shape index (κ2) is 53.6. The molecule has 0 aliphatic carbocycles. The first kappa shape index (κ1) is 101. The Morgan fingerprint density at radius 3 is 1.02 bits per heavy atom. The largest absolute Gasteiger partial charge is 0.508 e. The number of hydrogen-bond acceptors (Lipinski definition) is 28. The van der Waals surface area contributed by atoms with Crippen molar-refractivity contribution in [2.24, 2.45) is 40.6 Å². The third kappa shape index (κ3) is 39.1. The number of aliphatic hydroxyl groups excluding tert-OH is 3. The first-order valence-electron chi connectivity index (χ1n) is 35.9. The lowest BCUT2D eigenvalue weighted by molar-refractivity contribution is -0.143. The Labute approximate surface area is 661 Å². The van der Waals surface area contributed by atoms with Crippen molar-refractivity contribution in [3.63, 3.8) is 0 Å². The van der Waals surface area contributed by atoms with Gasteiger partial charge in [-0.1, -0.05) is 39.8 Å². The zero-order chi connectivity index (χ0) is 85.8. The first-order valence-corrected chi connectivity index (χ1v) is 37.2. The molecular weight excluding hydrogens is 1530 g/mol. The minimum Gasteiger partial charge on any atom is -0.508 e. The normalized spacial score (nSPS) is 14.8. The van der Waals surface area contributed by atoms with E-state index in [1.54, 1.807) is 27.7 Å². The monoisotopic (exact) mass is 1650 g/mol. The van der Waals surface area contributed by atoms with E-state index in [4.69, 9.17) is 34.2 Å². The average Bonchev–Trinajstić information content (AvgIpc) is 0.856. The number of thiol groups is 2. The number of benzene rings is 1. The van der Waals surface area contributed by atoms with Crippen LogP contribution in [0.15, 0.2) is 24.3 Å². The van der Waals surface area contributed by atoms with Gasteiger partial charge < -0.3 is 133 Å². The van der Waals surface area contributed by atoms with Crippen molar-refractivity contribution in [1.82, 2.24) is 79.9 Å². The third-order valence-corrected chi connectivity index (χ3v) is 17.2. The van der Waals surface area contributed by atoms with Crippen LogP contribution in [0.4, 0.5) is 0 Å². The fourth-order valence-electron chi connectivity index (χ4n) is 10.5. The Morgan fingerprint density at radius 1 is 0.389 bits per heavy atom. The number of carboxylic acid groups (broad SMARTS) is 3. The van der Waals surface area contributed by atoms with Gasteiger partial charge in [0.2, 0.25) is 82.7 Å². The van der Waals surface area contributed by atoms with Crippen LogP contribution in [-0.2, 0) is 87.9 Å². The van der Waals surface area contributed by atoms with Crippen LogP contribution in [0.2, 0.25) is 0 Å². The Kier molecular flexibility index (Phi) is 47.8. The van der Waals surface area contributed by atoms with E-state index >= 15 is 0 Å². The quantitative estimate of drug-likeness (QED) is 0.00719. The van der Waals surface area contributed by atoms with Crippen LogP contribution in [0.3, 0.4) is 0 Å². The molecule has 0 fully saturated rings. The predicted molar refractivity (Wildman–Crippen MR) is 407 cm³/mol. The van der Waals surface area contributed by atoms with Gasteiger partial charge in [0.15, 0.2) is 5.96 Å². The van der Waals surface area contributed by atoms with Gasteiger partial charge in [-0.15, -0.1) is 0 Å². The van der Waals surface area contributed by atoms with Crippen molar-refractivity contribution in [3.05, 3.63) is 29.8 Å². The molecule has 1 aromatic rings. The number of rotatable bonds is 57. The summed E-state index contributed by atoms with van der Waals surface area (Å²) in [6, 6.07) is -18.5. The zero-order valence-electron chi connectivity index (χ0n) is 63.0. The molecule has 0 bridgehead atoms. The second-order valence-corrected chi connectivity index (χ2v) is 27.5. The van der Waals surface area contributed by atoms with E-state index < -0.39 is 236 Å². The Morgan fingerprint density at radius 2 is 0.681 bits per heavy atom. The fourth-order valence-corrected chi connectivity index (χ4v) is 11.0. The maximum Gasteiger partial charge on any atom is 0.328 e. The number of nitrogens with one attached hydrogen (secondary N) is 16. The highest BCUT2D eigenvalue weighted by Gasteiger charge is 2.39. The van der Waals surface area contributed by atoms with Crippen molar-refractivity contribution in [3.8, 4) is 5.75 Å². The summed E-state index contributed by atoms with van der Waals surface area (Å²) in [7, 11) is 0. The van der Waals surface area contributed by atoms with Crippen LogP contribution in [0, 0.1) is 17.2 Å². The maximum atomic E-state index is 14.6. The van der Waals surface area contributed by atoms with Crippen LogP contribution in [0.25, 0.3) is 0 Å². The van der Waals surface area contributed by atoms with E-state index in [1.807, 2.05) is 16.0 Å². The second-order valence-electron chi connectivity index (χ2n) is 26.8. The van der Waals surface area contributed by atoms with Crippen LogP contribution in [0.1, 0.15) is 117 Å². The Balaban J connectivity index is 3.61. The minimum absolute atomic E-state index is 0.0256. The standard InChI is InChI=1S/C66H111N21O24S2/c1-31(2)20-38(55(100)75-35(10-5-7-17-67)52(97)74-36(11-6-8-18-68)53(98)79-40(22-33-13-15-34(91)16-14-33)57(102)76-37(12-9-19-73-66(70)71)54(99)85-46(28-90)65(110)111)77-56(101)39(21-32(3)4)78-63(108)47(29-112)86-58(103)41(23-49(69)92)80-61(106)44(26-88)84-62(107)45(27-89)83-60(105)43(25-51(95)96)81-59(104)42(24-50(93)94)82-64(109)48(30-113)87-72/h13-16,31-32,35-48,87-91,112-113H,5-12,17-30,67-68,72H2,1-4H3,(H2,69,92)(H,74,97)(H,75,100)(H,76,102)(H,77,101)(H,78,108)(H,79,98)(H,80,106)(H,81,104)(H,82,109)(H,83,105)(H,84,107)(H,85,99)(H,86,103)(H,93,94)(H,95,96)(H,110,111)(H4,70,71,73)/t35?,36-,37-,38-,39?,40?,41?,42?,43-,44-,45?,46?,47-,48-/m0/s1. The van der Waals surface area contributed by atoms with Gasteiger partial charge in [-0.25, -0.2) is 10.2 Å². The molecule has 0 radical (unpaired) electrons. The number of hydrogen-bond donors (Lipinski definition) is 30. The van der Waals surface area contributed by atoms with Gasteiger partial charge in [0.25, 0.3) is 0 Å². The molecule has 0 aromatic heterocycles. The molecule has 0 heterocycles. The molecule has 33 N–H and O–H groups in total. The molecule has 0 spiro atoms. The van der Waals surface area contributed by atoms with Gasteiger partial charge in [-0.2, -0.15) is 25.3 Å². The molecular formula is C66H111N21O24S2. The Hall–Kier alpha value is -10.3. The predicted octanol–water partition coefficient (Wildman–Crippen LogP) is -10.6. The van der Waals surface area contributed by atoms with Crippen molar-refractivity contribution in [2.75, 3.05) is 51.0 Å². The van der Waals surface area contributed by atoms with Crippen LogP contribution in [-0.4, -0.2) is 278 Å². The third-order valence-electron chi connectivity index (χ3n) is 16.5. The summed E-state index contributed by atoms with van der Waals surface area (Å²) in [6.07, 6.45) is -3.04. The number of hydrazine groups is 1. The summed E-state index contributed by atoms with van der Waals surface area (Å²) < 4.78 is 0. The number of carbonyl (C=O) groups excluding carboxylic acids is 14. The molecule has 0 aliphatic rings. The lowest BCUT2D eigenvalue weighted by Crippen LogP contribution is -2.62. The molecule has 0 saturated carbocycles. The smallest absolute Gasteiger partial charge is 0.328 e. The number of amides is 14. The SMILES string of the molecule is CC(C)CC(NC(=O)[C@H](CS)NC(=O)C(CC(N)=O)NC(=O)[C@H](CO)NC(=O)C(CO)NC(=O)[C@H](CC(=O)O)NC(=O)C(CC(=O)O)NC(=O)[C@H](CS)NN)C(=O)N[C@@H](CC(C)C)C(=O)NC(CCCCN)C(=O)N[C@@H](CCCCN)C(=O)NC(Cc1ccc(O)cc1)C(=O)N[C@@H](CCCNC(=N)N)C(=O)NC(CO)C(=O)O. The molecule has 14 atom stereocenters. The van der Waals surface area contributed by atoms with Crippen molar-refractivity contribution in [2.45, 2.75) is 202 Å². The van der Waals surface area contributed by atoms with Gasteiger partial charge in [0, 0.05) is 24.5 Å². The van der Waals surface area contributed by atoms with E-state index in [0.29, 0.717) is 18.4 Å². The van der Waals surface area contributed by atoms with Crippen LogP contribution < -0.4 is 109 Å². The molecule has 1 rings (SSSR count). The summed E-state index contributed by atoms with van der Waals surface area (Å²) in [5.41, 5.74) is 24.9. The number of aromatic hydroxyl groups is 1. The number of phenolic OH excluding ortho intramolecular Hbond substituents is 1. The van der Waals surface area contributed by atoms with Crippen LogP contribution >= 0.6 is 25.3 Å². The summed E-state index contributed by atoms with van der Waals surface area (Å²) >= 11 is 8.10. The number of guanidine groups is 1. The lowest BCUT2D eigenvalue weighted by Gasteiger charge is -2.29. The van der Waals surface area contributed by atoms with E-state index in [2.05, 4.69) is 89.2 Å². The zero-order valence-corrected chi connectivity index (χ0v) is 64.7. The molecule has 45 nitrogen and oxygen atoms in total. The van der Waals surface area contributed by atoms with E-state index in [0.717, 1.165) is 0 Å². The molecule has 7 unspecified atom stereocenters. The van der Waals surface area contributed by atoms with E-state index in [1.165, 1.54) is 24.3 Å². The number of carbonyl (C=O) groups is 17. The highest BCUT2D eigenvalue weighted by molar-refractivity contribution is 7.80. The molecule has 636 valence electrons. The molecule has 0 aliphatic heterocycles. The molecule has 1 aromatic carbocycles. The molecule has 14 amide bonds. The topological polar surface area (TPSA) is 766 Å². The number of nitrogens with two attached hydrogens (primary N) is 5. The van der Waals surface area contributed by atoms with Crippen molar-refractivity contribution in [1.29, 1.82) is 5.41 Å². The summed E-state index contributed by atoms with van der Waals surface area (Å²) in [5, 5.41) is 109. The number of phenols is 1. The van der Waals surface area contributed by atoms with Gasteiger partial charge in [-0.3, -0.25) is 88.0 Å². The first-order chi connectivity index (χ1) is 53.2. The minimum atomic E-state index is -2.14. The summed E-state index contributed by atoms with van der Waals surface area (Å²) in [6.45, 7) is 3.45. The number of primary amides is 1. The number of aliphatic carboxylic acids is 3. The highest BCUT2D eigenvalue weighted by Crippen LogP contribution is 2.16. The van der Waals surface area contributed by atoms with E-state index in [9.17, 15) is 117 Å². The maximum absolute atomic E-state index is 14.6. The average molecular weight is 1650 g/mol. The number of unbranched alkanes of at least 4 members (excludes halogenated alkanes) is 2. The molecule has 113 heavy (non-hydrogen) atoms. The van der Waals surface area contributed by atoms with Crippen LogP contribution in [0.5, 0.6) is 5.75 Å². The van der Waals surface area contributed by atoms with Crippen molar-refractivity contribution >= 4 is 132 Å². The fraction of sp³-hybridized carbons (Fsp3) is 0.636. The number of carboxylic acids is 3. The summed E-state index contributed by atoms with van der Waals surface area (Å²) in [5.74, 6) is -18.0. The van der Waals surface area contributed by atoms with E-state index in [-0.39, 0.29) is 101 Å². The molecule has 0 saturated heterocycles. The molecule has 47 heteroatoms. The summed E-state index contributed by atoms with van der Waals surface area (Å²) in [4.78, 5) is 228. The van der Waals surface area contributed by atoms with Crippen molar-refractivity contribution < 1.29 is 117 Å². The number of aliphatic hydroxyl groups is 3. The van der Waals surface area contributed by atoms with Gasteiger partial charge in [-0.05, 0) is 107 Å².